The number of halogens is 2. The van der Waals surface area contributed by atoms with E-state index >= 15 is 0 Å². The molecule has 1 amide bonds. The predicted molar refractivity (Wildman–Crippen MR) is 90.8 cm³/mol. The van der Waals surface area contributed by atoms with Crippen molar-refractivity contribution in [1.29, 1.82) is 0 Å². The Bertz CT molecular complexity index is 951. The third-order valence-corrected chi connectivity index (χ3v) is 4.41. The number of nitrogens with one attached hydrogen (secondary N) is 1. The first-order valence-corrected chi connectivity index (χ1v) is 8.80. The summed E-state index contributed by atoms with van der Waals surface area (Å²) in [6.45, 7) is 0. The number of hydrogen-bond donors (Lipinski definition) is 1. The molecule has 0 aliphatic rings. The Balaban J connectivity index is 1.77. The van der Waals surface area contributed by atoms with Gasteiger partial charge in [-0.25, -0.2) is 8.78 Å². The second-order valence-electron chi connectivity index (χ2n) is 5.22. The van der Waals surface area contributed by atoms with Gasteiger partial charge >= 0.3 is 0 Å². The molecular weight excluding hydrogens is 348 g/mol. The highest BCUT2D eigenvalue weighted by Crippen LogP contribution is 2.23. The molecule has 0 saturated carbocycles. The second-order valence-corrected chi connectivity index (χ2v) is 6.57. The number of carbonyl (C=O) groups excluding carboxylic acids is 1. The van der Waals surface area contributed by atoms with Crippen LogP contribution >= 0.6 is 0 Å². The zero-order valence-electron chi connectivity index (χ0n) is 13.1. The molecule has 2 aromatic carbocycles. The van der Waals surface area contributed by atoms with Crippen LogP contribution in [0.3, 0.4) is 0 Å². The van der Waals surface area contributed by atoms with Gasteiger partial charge in [0.15, 0.2) is 5.76 Å². The van der Waals surface area contributed by atoms with Gasteiger partial charge in [0.2, 0.25) is 0 Å². The molecule has 0 aliphatic heterocycles. The van der Waals surface area contributed by atoms with Gasteiger partial charge in [0, 0.05) is 17.5 Å². The van der Waals surface area contributed by atoms with Gasteiger partial charge in [-0.15, -0.1) is 0 Å². The van der Waals surface area contributed by atoms with Crippen LogP contribution in [0.2, 0.25) is 0 Å². The van der Waals surface area contributed by atoms with Gasteiger partial charge in [-0.1, -0.05) is 0 Å². The highest BCUT2D eigenvalue weighted by Gasteiger charge is 2.14. The summed E-state index contributed by atoms with van der Waals surface area (Å²) >= 11 is 0. The van der Waals surface area contributed by atoms with Crippen molar-refractivity contribution < 1.29 is 22.2 Å². The standard InChI is InChI=1S/C18H13F2NO3S/c1-25(23)17-9-6-13(10-14(17)20)21-18(22)16-8-7-15(24-16)11-2-4-12(19)5-3-11/h2-10H,1H3,(H,21,22)/t25-/m1/s1. The van der Waals surface area contributed by atoms with Gasteiger partial charge in [-0.05, 0) is 54.6 Å². The zero-order chi connectivity index (χ0) is 18.0. The monoisotopic (exact) mass is 361 g/mol. The van der Waals surface area contributed by atoms with Crippen LogP contribution in [0.15, 0.2) is 63.9 Å². The van der Waals surface area contributed by atoms with Gasteiger partial charge in [0.05, 0.1) is 15.7 Å². The Morgan fingerprint density at radius 2 is 1.76 bits per heavy atom. The lowest BCUT2D eigenvalue weighted by atomic mass is 10.2. The molecular formula is C18H13F2NO3S. The van der Waals surface area contributed by atoms with E-state index in [0.29, 0.717) is 11.3 Å². The number of carbonyl (C=O) groups is 1. The molecule has 0 unspecified atom stereocenters. The molecule has 1 atom stereocenters. The molecule has 0 spiro atoms. The summed E-state index contributed by atoms with van der Waals surface area (Å²) < 4.78 is 43.5. The molecule has 3 rings (SSSR count). The molecule has 0 bridgehead atoms. The second kappa shape index (κ2) is 6.98. The first-order valence-electron chi connectivity index (χ1n) is 7.24. The van der Waals surface area contributed by atoms with Crippen LogP contribution in [0.5, 0.6) is 0 Å². The lowest BCUT2D eigenvalue weighted by molar-refractivity contribution is 0.0997. The van der Waals surface area contributed by atoms with E-state index in [1.165, 1.54) is 48.7 Å². The fraction of sp³-hybridized carbons (Fsp3) is 0.0556. The molecule has 0 saturated heterocycles. The normalized spacial score (nSPS) is 12.0. The number of rotatable bonds is 4. The van der Waals surface area contributed by atoms with Crippen LogP contribution in [-0.4, -0.2) is 16.4 Å². The summed E-state index contributed by atoms with van der Waals surface area (Å²) in [5.41, 5.74) is 0.845. The average molecular weight is 361 g/mol. The SMILES string of the molecule is C[S@@](=O)c1ccc(NC(=O)c2ccc(-c3ccc(F)cc3)o2)cc1F. The van der Waals surface area contributed by atoms with Crippen LogP contribution < -0.4 is 5.32 Å². The van der Waals surface area contributed by atoms with E-state index in [2.05, 4.69) is 5.32 Å². The van der Waals surface area contributed by atoms with E-state index < -0.39 is 22.5 Å². The van der Waals surface area contributed by atoms with Crippen molar-refractivity contribution >= 4 is 22.4 Å². The average Bonchev–Trinajstić information content (AvgIpc) is 3.05. The lowest BCUT2D eigenvalue weighted by Gasteiger charge is -2.05. The molecule has 1 N–H and O–H groups in total. The molecule has 4 nitrogen and oxygen atoms in total. The molecule has 0 fully saturated rings. The molecule has 25 heavy (non-hydrogen) atoms. The van der Waals surface area contributed by atoms with E-state index in [1.54, 1.807) is 6.07 Å². The van der Waals surface area contributed by atoms with Crippen LogP contribution in [0.25, 0.3) is 11.3 Å². The van der Waals surface area contributed by atoms with Crippen molar-refractivity contribution in [1.82, 2.24) is 0 Å². The smallest absolute Gasteiger partial charge is 0.291 e. The first-order chi connectivity index (χ1) is 11.9. The third kappa shape index (κ3) is 3.83. The lowest BCUT2D eigenvalue weighted by Crippen LogP contribution is -2.11. The van der Waals surface area contributed by atoms with Gasteiger partial charge in [0.1, 0.15) is 17.4 Å². The van der Waals surface area contributed by atoms with E-state index in [4.69, 9.17) is 4.42 Å². The Kier molecular flexibility index (Phi) is 4.76. The summed E-state index contributed by atoms with van der Waals surface area (Å²) in [5.74, 6) is -1.15. The molecule has 7 heteroatoms. The summed E-state index contributed by atoms with van der Waals surface area (Å²) in [5, 5.41) is 2.51. The van der Waals surface area contributed by atoms with Crippen molar-refractivity contribution in [2.24, 2.45) is 0 Å². The maximum atomic E-state index is 13.8. The fourth-order valence-corrected chi connectivity index (χ4v) is 2.83. The maximum Gasteiger partial charge on any atom is 0.291 e. The molecule has 0 radical (unpaired) electrons. The van der Waals surface area contributed by atoms with Crippen LogP contribution in [0.4, 0.5) is 14.5 Å². The van der Waals surface area contributed by atoms with E-state index in [0.717, 1.165) is 6.07 Å². The Morgan fingerprint density at radius 1 is 1.04 bits per heavy atom. The van der Waals surface area contributed by atoms with Crippen molar-refractivity contribution in [3.8, 4) is 11.3 Å². The van der Waals surface area contributed by atoms with Crippen molar-refractivity contribution in [3.05, 3.63) is 72.0 Å². The van der Waals surface area contributed by atoms with Crippen molar-refractivity contribution in [3.63, 3.8) is 0 Å². The zero-order valence-corrected chi connectivity index (χ0v) is 13.9. The van der Waals surface area contributed by atoms with E-state index in [1.807, 2.05) is 0 Å². The number of anilines is 1. The third-order valence-electron chi connectivity index (χ3n) is 3.46. The minimum atomic E-state index is -1.45. The first kappa shape index (κ1) is 17.0. The number of furan rings is 1. The van der Waals surface area contributed by atoms with E-state index in [-0.39, 0.29) is 22.2 Å². The molecule has 3 aromatic rings. The van der Waals surface area contributed by atoms with Crippen molar-refractivity contribution in [2.75, 3.05) is 11.6 Å². The predicted octanol–water partition coefficient (Wildman–Crippen LogP) is 4.21. The summed E-state index contributed by atoms with van der Waals surface area (Å²) in [6, 6.07) is 12.6. The summed E-state index contributed by atoms with van der Waals surface area (Å²) in [4.78, 5) is 12.3. The number of hydrogen-bond acceptors (Lipinski definition) is 3. The Labute approximate surface area is 144 Å². The minimum absolute atomic E-state index is 0.0304. The highest BCUT2D eigenvalue weighted by atomic mass is 32.2. The number of amides is 1. The van der Waals surface area contributed by atoms with Gasteiger partial charge < -0.3 is 9.73 Å². The van der Waals surface area contributed by atoms with Crippen LogP contribution in [0.1, 0.15) is 10.6 Å². The summed E-state index contributed by atoms with van der Waals surface area (Å²) in [6.07, 6.45) is 1.37. The van der Waals surface area contributed by atoms with Crippen LogP contribution in [0, 0.1) is 11.6 Å². The Morgan fingerprint density at radius 3 is 2.40 bits per heavy atom. The molecule has 1 heterocycles. The topological polar surface area (TPSA) is 59.3 Å². The maximum absolute atomic E-state index is 13.8. The van der Waals surface area contributed by atoms with Crippen LogP contribution in [-0.2, 0) is 10.8 Å². The largest absolute Gasteiger partial charge is 0.451 e. The summed E-state index contributed by atoms with van der Waals surface area (Å²) in [7, 11) is -1.45. The molecule has 0 aliphatic carbocycles. The highest BCUT2D eigenvalue weighted by molar-refractivity contribution is 7.84. The van der Waals surface area contributed by atoms with Gasteiger partial charge in [0.25, 0.3) is 5.91 Å². The minimum Gasteiger partial charge on any atom is -0.451 e. The van der Waals surface area contributed by atoms with E-state index in [9.17, 15) is 17.8 Å². The van der Waals surface area contributed by atoms with Crippen molar-refractivity contribution in [2.45, 2.75) is 4.90 Å². The molecule has 1 aromatic heterocycles. The van der Waals surface area contributed by atoms with Gasteiger partial charge in [-0.3, -0.25) is 9.00 Å². The Hall–Kier alpha value is -2.80. The quantitative estimate of drug-likeness (QED) is 0.757. The fourth-order valence-electron chi connectivity index (χ4n) is 2.23. The van der Waals surface area contributed by atoms with Gasteiger partial charge in [-0.2, -0.15) is 0 Å². The molecule has 128 valence electrons. The number of benzene rings is 2.